The molecule has 6 nitrogen and oxygen atoms in total. The van der Waals surface area contributed by atoms with E-state index in [-0.39, 0.29) is 11.4 Å². The fraction of sp³-hybridized carbons (Fsp3) is 0.240. The fourth-order valence-electron chi connectivity index (χ4n) is 3.66. The lowest BCUT2D eigenvalue weighted by Crippen LogP contribution is -2.48. The molecule has 1 amide bonds. The number of nitrogens with one attached hydrogen (secondary N) is 1. The number of aryl methyl sites for hydroxylation is 3. The second-order valence-corrected chi connectivity index (χ2v) is 10.0. The van der Waals surface area contributed by atoms with Crippen molar-refractivity contribution in [2.75, 3.05) is 16.2 Å². The summed E-state index contributed by atoms with van der Waals surface area (Å²) in [6.45, 7) is 7.57. The predicted molar refractivity (Wildman–Crippen MR) is 126 cm³/mol. The van der Waals surface area contributed by atoms with E-state index in [1.54, 1.807) is 36.4 Å². The molecule has 4 rings (SSSR count). The van der Waals surface area contributed by atoms with Gasteiger partial charge in [-0.15, -0.1) is 0 Å². The maximum atomic E-state index is 13.5. The van der Waals surface area contributed by atoms with Gasteiger partial charge in [-0.1, -0.05) is 35.9 Å². The molecule has 1 heterocycles. The summed E-state index contributed by atoms with van der Waals surface area (Å²) in [5, 5.41) is 2.90. The molecule has 3 aromatic carbocycles. The van der Waals surface area contributed by atoms with Crippen LogP contribution in [0.5, 0.6) is 5.75 Å². The van der Waals surface area contributed by atoms with E-state index in [1.165, 1.54) is 4.31 Å². The number of hydrogen-bond donors (Lipinski definition) is 1. The summed E-state index contributed by atoms with van der Waals surface area (Å²) in [4.78, 5) is 13.3. The molecule has 1 atom stereocenters. The highest BCUT2D eigenvalue weighted by Crippen LogP contribution is 2.38. The molecular formula is C25H26N2O4S. The lowest BCUT2D eigenvalue weighted by Gasteiger charge is -2.35. The van der Waals surface area contributed by atoms with Crippen molar-refractivity contribution < 1.29 is 17.9 Å². The summed E-state index contributed by atoms with van der Waals surface area (Å²) in [6.07, 6.45) is -0.996. The normalized spacial score (nSPS) is 15.6. The first kappa shape index (κ1) is 21.9. The first-order valence-corrected chi connectivity index (χ1v) is 11.8. The van der Waals surface area contributed by atoms with E-state index in [9.17, 15) is 13.2 Å². The molecule has 0 bridgehead atoms. The Morgan fingerprint density at radius 1 is 0.969 bits per heavy atom. The zero-order chi connectivity index (χ0) is 23.0. The zero-order valence-electron chi connectivity index (χ0n) is 18.5. The molecule has 0 aromatic heterocycles. The average Bonchev–Trinajstić information content (AvgIpc) is 2.76. The molecular weight excluding hydrogens is 424 g/mol. The van der Waals surface area contributed by atoms with Crippen molar-refractivity contribution in [3.05, 3.63) is 82.9 Å². The van der Waals surface area contributed by atoms with Gasteiger partial charge in [0.15, 0.2) is 6.10 Å². The maximum Gasteiger partial charge on any atom is 0.267 e. The molecule has 0 saturated carbocycles. The Bertz CT molecular complexity index is 1280. The monoisotopic (exact) mass is 450 g/mol. The molecule has 0 spiro atoms. The van der Waals surface area contributed by atoms with Crippen LogP contribution in [0.1, 0.15) is 22.3 Å². The highest BCUT2D eigenvalue weighted by atomic mass is 32.2. The van der Waals surface area contributed by atoms with E-state index in [4.69, 9.17) is 4.74 Å². The van der Waals surface area contributed by atoms with Gasteiger partial charge < -0.3 is 10.1 Å². The van der Waals surface area contributed by atoms with Gasteiger partial charge in [0.1, 0.15) is 5.75 Å². The van der Waals surface area contributed by atoms with Crippen molar-refractivity contribution in [2.45, 2.75) is 38.7 Å². The molecule has 1 aliphatic heterocycles. The molecule has 0 saturated heterocycles. The third-order valence-corrected chi connectivity index (χ3v) is 7.54. The van der Waals surface area contributed by atoms with Gasteiger partial charge in [-0.3, -0.25) is 9.10 Å². The van der Waals surface area contributed by atoms with Crippen molar-refractivity contribution in [3.8, 4) is 5.75 Å². The number of ether oxygens (including phenoxy) is 1. The van der Waals surface area contributed by atoms with Crippen molar-refractivity contribution in [1.29, 1.82) is 0 Å². The van der Waals surface area contributed by atoms with Crippen LogP contribution >= 0.6 is 0 Å². The first-order chi connectivity index (χ1) is 15.2. The standard InChI is InChI=1S/C25H26N2O4S/c1-16-8-11-20(12-9-16)32(29,30)27-15-24(31-23-14-17(2)10-13-22(23)27)25(28)26-21-7-5-6-18(3)19(21)4/h5-14,24H,15H2,1-4H3,(H,26,28)/t24-/m1/s1. The maximum absolute atomic E-state index is 13.5. The van der Waals surface area contributed by atoms with E-state index in [1.807, 2.05) is 52.0 Å². The summed E-state index contributed by atoms with van der Waals surface area (Å²) in [7, 11) is -3.89. The van der Waals surface area contributed by atoms with Gasteiger partial charge in [0, 0.05) is 5.69 Å². The van der Waals surface area contributed by atoms with Gasteiger partial charge in [-0.2, -0.15) is 0 Å². The number of amides is 1. The van der Waals surface area contributed by atoms with Crippen LogP contribution in [0.2, 0.25) is 0 Å². The Kier molecular flexibility index (Phi) is 5.69. The van der Waals surface area contributed by atoms with Gasteiger partial charge in [0.25, 0.3) is 15.9 Å². The van der Waals surface area contributed by atoms with E-state index < -0.39 is 22.0 Å². The van der Waals surface area contributed by atoms with Gasteiger partial charge in [0.05, 0.1) is 17.1 Å². The first-order valence-electron chi connectivity index (χ1n) is 10.4. The molecule has 0 unspecified atom stereocenters. The second kappa shape index (κ2) is 8.31. The highest BCUT2D eigenvalue weighted by molar-refractivity contribution is 7.92. The minimum absolute atomic E-state index is 0.122. The summed E-state index contributed by atoms with van der Waals surface area (Å²) >= 11 is 0. The van der Waals surface area contributed by atoms with Gasteiger partial charge >= 0.3 is 0 Å². The number of sulfonamides is 1. The third kappa shape index (κ3) is 4.08. The summed E-state index contributed by atoms with van der Waals surface area (Å²) in [6, 6.07) is 17.6. The van der Waals surface area contributed by atoms with Crippen molar-refractivity contribution in [3.63, 3.8) is 0 Å². The quantitative estimate of drug-likeness (QED) is 0.634. The van der Waals surface area contributed by atoms with Crippen LogP contribution in [0.4, 0.5) is 11.4 Å². The molecule has 1 aliphatic rings. The smallest absolute Gasteiger partial charge is 0.267 e. The van der Waals surface area contributed by atoms with E-state index in [0.717, 1.165) is 22.3 Å². The molecule has 0 fully saturated rings. The van der Waals surface area contributed by atoms with Crippen LogP contribution < -0.4 is 14.4 Å². The van der Waals surface area contributed by atoms with Crippen LogP contribution in [0.25, 0.3) is 0 Å². The third-order valence-electron chi connectivity index (χ3n) is 5.75. The Morgan fingerprint density at radius 3 is 2.38 bits per heavy atom. The number of fused-ring (bicyclic) bond motifs is 1. The number of nitrogens with zero attached hydrogens (tertiary/aromatic N) is 1. The molecule has 7 heteroatoms. The van der Waals surface area contributed by atoms with Crippen LogP contribution in [0, 0.1) is 27.7 Å². The van der Waals surface area contributed by atoms with Crippen LogP contribution in [-0.4, -0.2) is 27.0 Å². The van der Waals surface area contributed by atoms with Crippen LogP contribution in [-0.2, 0) is 14.8 Å². The zero-order valence-corrected chi connectivity index (χ0v) is 19.4. The van der Waals surface area contributed by atoms with Gasteiger partial charge in [-0.05, 0) is 74.7 Å². The number of carbonyl (C=O) groups is 1. The number of hydrogen-bond acceptors (Lipinski definition) is 4. The highest BCUT2D eigenvalue weighted by Gasteiger charge is 2.37. The Balaban J connectivity index is 1.70. The lowest BCUT2D eigenvalue weighted by atomic mass is 10.1. The Hall–Kier alpha value is -3.32. The fourth-order valence-corrected chi connectivity index (χ4v) is 5.14. The number of benzene rings is 3. The largest absolute Gasteiger partial charge is 0.476 e. The van der Waals surface area contributed by atoms with E-state index in [0.29, 0.717) is 17.1 Å². The molecule has 3 aromatic rings. The number of anilines is 2. The molecule has 32 heavy (non-hydrogen) atoms. The van der Waals surface area contributed by atoms with Gasteiger partial charge in [-0.25, -0.2) is 8.42 Å². The topological polar surface area (TPSA) is 75.7 Å². The number of carbonyl (C=O) groups excluding carboxylic acids is 1. The Labute approximate surface area is 188 Å². The van der Waals surface area contributed by atoms with Crippen molar-refractivity contribution in [2.24, 2.45) is 0 Å². The molecule has 1 N–H and O–H groups in total. The minimum atomic E-state index is -3.89. The Morgan fingerprint density at radius 2 is 1.66 bits per heavy atom. The lowest BCUT2D eigenvalue weighted by molar-refractivity contribution is -0.122. The SMILES string of the molecule is Cc1ccc(S(=O)(=O)N2C[C@H](C(=O)Nc3cccc(C)c3C)Oc3cc(C)ccc32)cc1. The van der Waals surface area contributed by atoms with Crippen molar-refractivity contribution in [1.82, 2.24) is 0 Å². The van der Waals surface area contributed by atoms with E-state index in [2.05, 4.69) is 5.32 Å². The minimum Gasteiger partial charge on any atom is -0.476 e. The van der Waals surface area contributed by atoms with Crippen LogP contribution in [0.3, 0.4) is 0 Å². The predicted octanol–water partition coefficient (Wildman–Crippen LogP) is 4.52. The summed E-state index contributed by atoms with van der Waals surface area (Å²) in [5.74, 6) is -0.0250. The summed E-state index contributed by atoms with van der Waals surface area (Å²) in [5.41, 5.74) is 4.99. The van der Waals surface area contributed by atoms with E-state index >= 15 is 0 Å². The second-order valence-electron chi connectivity index (χ2n) is 8.16. The molecule has 0 aliphatic carbocycles. The summed E-state index contributed by atoms with van der Waals surface area (Å²) < 4.78 is 34.3. The molecule has 166 valence electrons. The number of rotatable bonds is 4. The van der Waals surface area contributed by atoms with Gasteiger partial charge in [0.2, 0.25) is 0 Å². The average molecular weight is 451 g/mol. The van der Waals surface area contributed by atoms with Crippen LogP contribution in [0.15, 0.2) is 65.6 Å². The molecule has 0 radical (unpaired) electrons. The van der Waals surface area contributed by atoms with Crippen molar-refractivity contribution >= 4 is 27.3 Å².